The molecule has 20 heavy (non-hydrogen) atoms. The van der Waals surface area contributed by atoms with Gasteiger partial charge in [0.25, 0.3) is 0 Å². The summed E-state index contributed by atoms with van der Waals surface area (Å²) < 4.78 is 0. The molecule has 5 heteroatoms. The van der Waals surface area contributed by atoms with E-state index >= 15 is 0 Å². The number of thiazole rings is 1. The Morgan fingerprint density at radius 1 is 1.40 bits per heavy atom. The molecule has 3 rings (SSSR count). The van der Waals surface area contributed by atoms with E-state index in [0.29, 0.717) is 18.5 Å². The van der Waals surface area contributed by atoms with Crippen molar-refractivity contribution in [3.05, 3.63) is 10.6 Å². The molecule has 0 bridgehead atoms. The van der Waals surface area contributed by atoms with Crippen LogP contribution < -0.4 is 10.6 Å². The summed E-state index contributed by atoms with van der Waals surface area (Å²) >= 11 is 1.80. The summed E-state index contributed by atoms with van der Waals surface area (Å²) in [6.07, 6.45) is 2.70. The second-order valence-electron chi connectivity index (χ2n) is 6.46. The first-order valence-corrected chi connectivity index (χ1v) is 8.62. The smallest absolute Gasteiger partial charge is 0.186 e. The molecule has 0 spiro atoms. The molecule has 2 aliphatic heterocycles. The quantitative estimate of drug-likeness (QED) is 0.930. The minimum Gasteiger partial charge on any atom is -0.343 e. The predicted octanol–water partition coefficient (Wildman–Crippen LogP) is 2.40. The highest BCUT2D eigenvalue weighted by Gasteiger charge is 2.35. The number of anilines is 1. The van der Waals surface area contributed by atoms with Gasteiger partial charge in [-0.05, 0) is 32.2 Å². The summed E-state index contributed by atoms with van der Waals surface area (Å²) in [7, 11) is 0. The molecule has 1 aromatic heterocycles. The van der Waals surface area contributed by atoms with Crippen molar-refractivity contribution >= 4 is 16.5 Å². The standard InChI is InChI=1S/C15H26N4S/c1-10(2)14-13(7-16)20-15(17-14)19-9-12-5-4-6-18(12)8-11(19)3/h10-12H,4-9,16H2,1-3H3. The number of aromatic nitrogens is 1. The molecule has 3 heterocycles. The van der Waals surface area contributed by atoms with Gasteiger partial charge in [-0.1, -0.05) is 13.8 Å². The van der Waals surface area contributed by atoms with Crippen LogP contribution in [0.5, 0.6) is 0 Å². The van der Waals surface area contributed by atoms with Crippen LogP contribution in [0.4, 0.5) is 5.13 Å². The fourth-order valence-electron chi connectivity index (χ4n) is 3.52. The fraction of sp³-hybridized carbons (Fsp3) is 0.800. The third kappa shape index (κ3) is 2.47. The Bertz CT molecular complexity index is 470. The SMILES string of the molecule is CC(C)c1nc(N2CC3CCCN3CC2C)sc1CN. The molecule has 1 aromatic rings. The lowest BCUT2D eigenvalue weighted by molar-refractivity contribution is 0.203. The van der Waals surface area contributed by atoms with Crippen LogP contribution in [-0.4, -0.2) is 41.6 Å². The number of rotatable bonds is 3. The first kappa shape index (κ1) is 14.3. The van der Waals surface area contributed by atoms with Gasteiger partial charge < -0.3 is 10.6 Å². The molecule has 0 aliphatic carbocycles. The van der Waals surface area contributed by atoms with Gasteiger partial charge in [-0.15, -0.1) is 11.3 Å². The van der Waals surface area contributed by atoms with Crippen molar-refractivity contribution in [2.24, 2.45) is 5.73 Å². The molecular weight excluding hydrogens is 268 g/mol. The highest BCUT2D eigenvalue weighted by molar-refractivity contribution is 7.15. The van der Waals surface area contributed by atoms with Crippen molar-refractivity contribution in [1.29, 1.82) is 0 Å². The van der Waals surface area contributed by atoms with E-state index in [1.54, 1.807) is 11.3 Å². The Hall–Kier alpha value is -0.650. The second kappa shape index (κ2) is 5.62. The molecule has 4 nitrogen and oxygen atoms in total. The summed E-state index contributed by atoms with van der Waals surface area (Å²) in [5.41, 5.74) is 7.10. The van der Waals surface area contributed by atoms with Crippen molar-refractivity contribution < 1.29 is 0 Å². The Kier molecular flexibility index (Phi) is 4.02. The van der Waals surface area contributed by atoms with E-state index < -0.39 is 0 Å². The fourth-order valence-corrected chi connectivity index (χ4v) is 4.73. The maximum Gasteiger partial charge on any atom is 0.186 e. The zero-order valence-corrected chi connectivity index (χ0v) is 13.6. The molecule has 2 aliphatic rings. The first-order valence-electron chi connectivity index (χ1n) is 7.80. The maximum atomic E-state index is 5.90. The number of hydrogen-bond acceptors (Lipinski definition) is 5. The lowest BCUT2D eigenvalue weighted by Crippen LogP contribution is -2.55. The van der Waals surface area contributed by atoms with Gasteiger partial charge in [-0.25, -0.2) is 4.98 Å². The minimum absolute atomic E-state index is 0.460. The molecule has 2 fully saturated rings. The molecular formula is C15H26N4S. The Labute approximate surface area is 126 Å². The van der Waals surface area contributed by atoms with E-state index in [0.717, 1.165) is 12.6 Å². The van der Waals surface area contributed by atoms with E-state index in [9.17, 15) is 0 Å². The largest absolute Gasteiger partial charge is 0.343 e. The van der Waals surface area contributed by atoms with Crippen LogP contribution in [0.3, 0.4) is 0 Å². The van der Waals surface area contributed by atoms with Crippen molar-refractivity contribution in [3.8, 4) is 0 Å². The normalized spacial score (nSPS) is 27.4. The van der Waals surface area contributed by atoms with Crippen molar-refractivity contribution in [3.63, 3.8) is 0 Å². The third-order valence-corrected chi connectivity index (χ3v) is 5.76. The second-order valence-corrected chi connectivity index (χ2v) is 7.52. The van der Waals surface area contributed by atoms with Crippen molar-refractivity contribution in [1.82, 2.24) is 9.88 Å². The lowest BCUT2D eigenvalue weighted by Gasteiger charge is -2.42. The van der Waals surface area contributed by atoms with Gasteiger partial charge in [0, 0.05) is 36.6 Å². The highest BCUT2D eigenvalue weighted by atomic mass is 32.1. The molecule has 2 saturated heterocycles. The summed E-state index contributed by atoms with van der Waals surface area (Å²) in [5, 5.41) is 1.19. The predicted molar refractivity (Wildman–Crippen MR) is 85.5 cm³/mol. The molecule has 0 amide bonds. The Balaban J connectivity index is 1.84. The van der Waals surface area contributed by atoms with Gasteiger partial charge in [0.1, 0.15) is 0 Å². The minimum atomic E-state index is 0.460. The van der Waals surface area contributed by atoms with Gasteiger partial charge in [-0.2, -0.15) is 0 Å². The average molecular weight is 294 g/mol. The van der Waals surface area contributed by atoms with Crippen LogP contribution in [0.15, 0.2) is 0 Å². The molecule has 112 valence electrons. The topological polar surface area (TPSA) is 45.4 Å². The molecule has 0 saturated carbocycles. The summed E-state index contributed by atoms with van der Waals surface area (Å²) in [6, 6.07) is 1.29. The summed E-state index contributed by atoms with van der Waals surface area (Å²) in [6.45, 7) is 10.9. The first-order chi connectivity index (χ1) is 9.60. The van der Waals surface area contributed by atoms with Crippen LogP contribution in [0, 0.1) is 0 Å². The van der Waals surface area contributed by atoms with E-state index in [1.165, 1.54) is 41.6 Å². The Morgan fingerprint density at radius 3 is 2.85 bits per heavy atom. The number of fused-ring (bicyclic) bond motifs is 1. The van der Waals surface area contributed by atoms with Gasteiger partial charge >= 0.3 is 0 Å². The van der Waals surface area contributed by atoms with Crippen LogP contribution in [0.25, 0.3) is 0 Å². The zero-order valence-electron chi connectivity index (χ0n) is 12.8. The van der Waals surface area contributed by atoms with E-state index in [2.05, 4.69) is 30.6 Å². The third-order valence-electron chi connectivity index (χ3n) is 4.63. The van der Waals surface area contributed by atoms with Crippen LogP contribution in [0.1, 0.15) is 50.1 Å². The number of piperazine rings is 1. The van der Waals surface area contributed by atoms with Gasteiger partial charge in [-0.3, -0.25) is 4.90 Å². The van der Waals surface area contributed by atoms with Crippen LogP contribution in [-0.2, 0) is 6.54 Å². The molecule has 2 unspecified atom stereocenters. The van der Waals surface area contributed by atoms with E-state index in [4.69, 9.17) is 10.7 Å². The lowest BCUT2D eigenvalue weighted by atomic mass is 10.1. The number of nitrogens with two attached hydrogens (primary N) is 1. The Morgan fingerprint density at radius 2 is 2.20 bits per heavy atom. The monoisotopic (exact) mass is 294 g/mol. The molecule has 2 N–H and O–H groups in total. The van der Waals surface area contributed by atoms with E-state index in [1.807, 2.05) is 0 Å². The van der Waals surface area contributed by atoms with Crippen molar-refractivity contribution in [2.45, 2.75) is 58.2 Å². The number of nitrogens with zero attached hydrogens (tertiary/aromatic N) is 3. The summed E-state index contributed by atoms with van der Waals surface area (Å²) in [4.78, 5) is 11.3. The van der Waals surface area contributed by atoms with Crippen molar-refractivity contribution in [2.75, 3.05) is 24.5 Å². The zero-order chi connectivity index (χ0) is 14.3. The maximum absolute atomic E-state index is 5.90. The van der Waals surface area contributed by atoms with Crippen LogP contribution in [0.2, 0.25) is 0 Å². The molecule has 0 aromatic carbocycles. The average Bonchev–Trinajstić information content (AvgIpc) is 3.02. The molecule has 0 radical (unpaired) electrons. The van der Waals surface area contributed by atoms with Gasteiger partial charge in [0.2, 0.25) is 0 Å². The van der Waals surface area contributed by atoms with Crippen LogP contribution >= 0.6 is 11.3 Å². The number of hydrogen-bond donors (Lipinski definition) is 1. The van der Waals surface area contributed by atoms with Gasteiger partial charge in [0.15, 0.2) is 5.13 Å². The molecule has 2 atom stereocenters. The van der Waals surface area contributed by atoms with Gasteiger partial charge in [0.05, 0.1) is 5.69 Å². The summed E-state index contributed by atoms with van der Waals surface area (Å²) in [5.74, 6) is 0.460. The highest BCUT2D eigenvalue weighted by Crippen LogP contribution is 2.34. The van der Waals surface area contributed by atoms with E-state index in [-0.39, 0.29) is 0 Å².